The van der Waals surface area contributed by atoms with Crippen molar-refractivity contribution in [3.8, 4) is 0 Å². The van der Waals surface area contributed by atoms with Crippen LogP contribution in [0.3, 0.4) is 0 Å². The van der Waals surface area contributed by atoms with Gasteiger partial charge in [-0.25, -0.2) is 0 Å². The standard InChI is InChI=1S/C26H28N2O/c1-18-15-16-19(2)24(17-18)28-26(29)25(21-10-4-3-5-11-21)27-23-14-8-12-20-9-6-7-13-22(20)23/h3-7,9-11,13,15-17,23,25,27H,8,12,14H2,1-2H3,(H,28,29)/p+1/t23-,25+/m1/s1. The fraction of sp³-hybridized carbons (Fsp3) is 0.269. The lowest BCUT2D eigenvalue weighted by atomic mass is 9.87. The maximum Gasteiger partial charge on any atom is 0.287 e. The van der Waals surface area contributed by atoms with Gasteiger partial charge in [-0.2, -0.15) is 0 Å². The summed E-state index contributed by atoms with van der Waals surface area (Å²) in [5, 5.41) is 5.45. The SMILES string of the molecule is Cc1ccc(C)c(NC(=O)[C@@H]([NH2+][C@@H]2CCCc3ccccc32)c2ccccc2)c1. The number of hydrogen-bond donors (Lipinski definition) is 2. The lowest BCUT2D eigenvalue weighted by Crippen LogP contribution is -2.88. The number of amides is 1. The highest BCUT2D eigenvalue weighted by molar-refractivity contribution is 5.95. The summed E-state index contributed by atoms with van der Waals surface area (Å²) in [4.78, 5) is 13.4. The number of rotatable bonds is 5. The van der Waals surface area contributed by atoms with Crippen molar-refractivity contribution in [1.82, 2.24) is 0 Å². The number of carbonyl (C=O) groups is 1. The van der Waals surface area contributed by atoms with E-state index in [4.69, 9.17) is 0 Å². The van der Waals surface area contributed by atoms with E-state index in [2.05, 4.69) is 66.1 Å². The number of hydrogen-bond acceptors (Lipinski definition) is 1. The van der Waals surface area contributed by atoms with E-state index in [9.17, 15) is 4.79 Å². The summed E-state index contributed by atoms with van der Waals surface area (Å²) in [7, 11) is 0. The lowest BCUT2D eigenvalue weighted by molar-refractivity contribution is -0.723. The zero-order valence-electron chi connectivity index (χ0n) is 17.2. The molecule has 0 aliphatic heterocycles. The van der Waals surface area contributed by atoms with Crippen LogP contribution in [0.2, 0.25) is 0 Å². The van der Waals surface area contributed by atoms with Crippen LogP contribution in [0.25, 0.3) is 0 Å². The lowest BCUT2D eigenvalue weighted by Gasteiger charge is -2.27. The Balaban J connectivity index is 1.63. The van der Waals surface area contributed by atoms with Gasteiger partial charge in [0.1, 0.15) is 6.04 Å². The van der Waals surface area contributed by atoms with Gasteiger partial charge in [-0.05, 0) is 49.4 Å². The first-order valence-electron chi connectivity index (χ1n) is 10.5. The van der Waals surface area contributed by atoms with Crippen molar-refractivity contribution in [2.45, 2.75) is 45.2 Å². The van der Waals surface area contributed by atoms with Gasteiger partial charge in [0.15, 0.2) is 6.04 Å². The van der Waals surface area contributed by atoms with E-state index in [-0.39, 0.29) is 11.9 Å². The molecule has 29 heavy (non-hydrogen) atoms. The predicted octanol–water partition coefficient (Wildman–Crippen LogP) is 4.62. The third kappa shape index (κ3) is 4.41. The molecule has 0 saturated heterocycles. The van der Waals surface area contributed by atoms with Gasteiger partial charge in [0, 0.05) is 23.2 Å². The molecule has 0 bridgehead atoms. The molecular formula is C26H29N2O+. The van der Waals surface area contributed by atoms with Crippen LogP contribution < -0.4 is 10.6 Å². The Morgan fingerprint density at radius 1 is 1.00 bits per heavy atom. The maximum absolute atomic E-state index is 13.4. The summed E-state index contributed by atoms with van der Waals surface area (Å²) < 4.78 is 0. The number of anilines is 1. The van der Waals surface area contributed by atoms with Gasteiger partial charge in [0.2, 0.25) is 0 Å². The molecular weight excluding hydrogens is 356 g/mol. The van der Waals surface area contributed by atoms with Crippen molar-refractivity contribution >= 4 is 11.6 Å². The highest BCUT2D eigenvalue weighted by atomic mass is 16.2. The molecule has 3 aromatic carbocycles. The minimum atomic E-state index is -0.285. The van der Waals surface area contributed by atoms with Crippen LogP contribution >= 0.6 is 0 Å². The van der Waals surface area contributed by atoms with Crippen molar-refractivity contribution in [2.24, 2.45) is 0 Å². The van der Waals surface area contributed by atoms with Crippen molar-refractivity contribution < 1.29 is 10.1 Å². The first kappa shape index (κ1) is 19.4. The minimum absolute atomic E-state index is 0.0351. The molecule has 2 atom stereocenters. The second-order valence-electron chi connectivity index (χ2n) is 8.09. The Labute approximate surface area is 173 Å². The van der Waals surface area contributed by atoms with E-state index in [0.29, 0.717) is 6.04 Å². The van der Waals surface area contributed by atoms with Gasteiger partial charge >= 0.3 is 0 Å². The Morgan fingerprint density at radius 3 is 2.59 bits per heavy atom. The van der Waals surface area contributed by atoms with Crippen LogP contribution in [-0.4, -0.2) is 5.91 Å². The monoisotopic (exact) mass is 385 g/mol. The van der Waals surface area contributed by atoms with E-state index in [1.165, 1.54) is 11.1 Å². The predicted molar refractivity (Wildman–Crippen MR) is 118 cm³/mol. The Bertz CT molecular complexity index is 997. The zero-order valence-corrected chi connectivity index (χ0v) is 17.2. The van der Waals surface area contributed by atoms with Gasteiger partial charge in [-0.15, -0.1) is 0 Å². The molecule has 3 nitrogen and oxygen atoms in total. The van der Waals surface area contributed by atoms with E-state index in [0.717, 1.165) is 41.6 Å². The maximum atomic E-state index is 13.4. The van der Waals surface area contributed by atoms with Gasteiger partial charge in [-0.1, -0.05) is 66.7 Å². The van der Waals surface area contributed by atoms with Gasteiger partial charge < -0.3 is 10.6 Å². The molecule has 4 rings (SSSR count). The molecule has 0 fully saturated rings. The third-order valence-electron chi connectivity index (χ3n) is 5.93. The molecule has 0 heterocycles. The van der Waals surface area contributed by atoms with E-state index in [1.807, 2.05) is 31.2 Å². The van der Waals surface area contributed by atoms with Gasteiger partial charge in [0.05, 0.1) is 0 Å². The number of carbonyl (C=O) groups excluding carboxylic acids is 1. The van der Waals surface area contributed by atoms with Crippen molar-refractivity contribution in [1.29, 1.82) is 0 Å². The molecule has 0 spiro atoms. The summed E-state index contributed by atoms with van der Waals surface area (Å²) in [6, 6.07) is 25.0. The van der Waals surface area contributed by atoms with E-state index >= 15 is 0 Å². The molecule has 1 aliphatic rings. The highest BCUT2D eigenvalue weighted by Gasteiger charge is 2.31. The minimum Gasteiger partial charge on any atom is -0.326 e. The zero-order chi connectivity index (χ0) is 20.2. The molecule has 0 unspecified atom stereocenters. The quantitative estimate of drug-likeness (QED) is 0.661. The average molecular weight is 386 g/mol. The summed E-state index contributed by atoms with van der Waals surface area (Å²) in [5.41, 5.74) is 6.96. The molecule has 1 amide bonds. The van der Waals surface area contributed by atoms with E-state index in [1.54, 1.807) is 0 Å². The van der Waals surface area contributed by atoms with Gasteiger partial charge in [-0.3, -0.25) is 4.79 Å². The molecule has 3 N–H and O–H groups in total. The number of fused-ring (bicyclic) bond motifs is 1. The number of benzene rings is 3. The molecule has 1 aliphatic carbocycles. The van der Waals surface area contributed by atoms with Crippen molar-refractivity contribution in [3.05, 3.63) is 101 Å². The number of nitrogens with one attached hydrogen (secondary N) is 1. The van der Waals surface area contributed by atoms with Crippen LogP contribution in [0.15, 0.2) is 72.8 Å². The number of quaternary nitrogens is 1. The Kier molecular flexibility index (Phi) is 5.77. The first-order chi connectivity index (χ1) is 14.1. The van der Waals surface area contributed by atoms with Crippen LogP contribution in [0.5, 0.6) is 0 Å². The first-order valence-corrected chi connectivity index (χ1v) is 10.5. The Morgan fingerprint density at radius 2 is 1.76 bits per heavy atom. The molecule has 148 valence electrons. The summed E-state index contributed by atoms with van der Waals surface area (Å²) in [6.45, 7) is 4.09. The fourth-order valence-electron chi connectivity index (χ4n) is 4.31. The number of nitrogens with two attached hydrogens (primary N) is 1. The van der Waals surface area contributed by atoms with Crippen LogP contribution in [0.1, 0.15) is 52.7 Å². The van der Waals surface area contributed by atoms with Crippen LogP contribution in [-0.2, 0) is 11.2 Å². The largest absolute Gasteiger partial charge is 0.326 e. The van der Waals surface area contributed by atoms with Crippen LogP contribution in [0.4, 0.5) is 5.69 Å². The second kappa shape index (κ2) is 8.62. The summed E-state index contributed by atoms with van der Waals surface area (Å²) >= 11 is 0. The highest BCUT2D eigenvalue weighted by Crippen LogP contribution is 2.28. The molecule has 0 saturated carbocycles. The Hall–Kier alpha value is -2.91. The molecule has 0 radical (unpaired) electrons. The third-order valence-corrected chi connectivity index (χ3v) is 5.93. The smallest absolute Gasteiger partial charge is 0.287 e. The summed E-state index contributed by atoms with van der Waals surface area (Å²) in [5.74, 6) is 0.0351. The molecule has 0 aromatic heterocycles. The number of aryl methyl sites for hydroxylation is 3. The van der Waals surface area contributed by atoms with Crippen LogP contribution in [0, 0.1) is 13.8 Å². The fourth-order valence-corrected chi connectivity index (χ4v) is 4.31. The average Bonchev–Trinajstić information content (AvgIpc) is 2.75. The normalized spacial score (nSPS) is 16.7. The topological polar surface area (TPSA) is 45.7 Å². The van der Waals surface area contributed by atoms with Crippen molar-refractivity contribution in [2.75, 3.05) is 5.32 Å². The van der Waals surface area contributed by atoms with Gasteiger partial charge in [0.25, 0.3) is 5.91 Å². The summed E-state index contributed by atoms with van der Waals surface area (Å²) in [6.07, 6.45) is 3.39. The van der Waals surface area contributed by atoms with Crippen molar-refractivity contribution in [3.63, 3.8) is 0 Å². The second-order valence-corrected chi connectivity index (χ2v) is 8.09. The molecule has 3 heteroatoms. The van der Waals surface area contributed by atoms with E-state index < -0.39 is 0 Å². The molecule has 3 aromatic rings.